The molecule has 0 aliphatic rings. The van der Waals surface area contributed by atoms with Crippen molar-refractivity contribution in [1.82, 2.24) is 15.0 Å². The fourth-order valence-corrected chi connectivity index (χ4v) is 4.67. The van der Waals surface area contributed by atoms with Crippen molar-refractivity contribution in [3.63, 3.8) is 0 Å². The van der Waals surface area contributed by atoms with Crippen LogP contribution in [-0.4, -0.2) is 33.4 Å². The molecule has 2 heterocycles. The highest BCUT2D eigenvalue weighted by Crippen LogP contribution is 2.24. The van der Waals surface area contributed by atoms with E-state index in [1.165, 1.54) is 11.8 Å². The summed E-state index contributed by atoms with van der Waals surface area (Å²) in [7, 11) is 0. The zero-order chi connectivity index (χ0) is 23.1. The third-order valence-electron chi connectivity index (χ3n) is 4.52. The first-order chi connectivity index (χ1) is 15.4. The van der Waals surface area contributed by atoms with E-state index >= 15 is 0 Å². The van der Waals surface area contributed by atoms with Gasteiger partial charge in [0.1, 0.15) is 4.88 Å². The number of aryl methyl sites for hydroxylation is 2. The van der Waals surface area contributed by atoms with Gasteiger partial charge in [-0.1, -0.05) is 53.4 Å². The lowest BCUT2D eigenvalue weighted by molar-refractivity contribution is -0.116. The van der Waals surface area contributed by atoms with Gasteiger partial charge in [-0.25, -0.2) is 14.8 Å². The monoisotopic (exact) mass is 472 g/mol. The Bertz CT molecular complexity index is 1160. The van der Waals surface area contributed by atoms with Gasteiger partial charge in [-0.3, -0.25) is 9.59 Å². The summed E-state index contributed by atoms with van der Waals surface area (Å²) in [6, 6.07) is 9.93. The predicted octanol–water partition coefficient (Wildman–Crippen LogP) is 3.88. The lowest BCUT2D eigenvalue weighted by Crippen LogP contribution is -2.20. The van der Waals surface area contributed by atoms with Crippen LogP contribution in [0.5, 0.6) is 0 Å². The molecule has 0 atom stereocenters. The summed E-state index contributed by atoms with van der Waals surface area (Å²) < 4.78 is 4.98. The molecule has 1 amide bonds. The van der Waals surface area contributed by atoms with Crippen LogP contribution in [0.2, 0.25) is 0 Å². The summed E-state index contributed by atoms with van der Waals surface area (Å²) in [6.45, 7) is 5.45. The molecule has 32 heavy (non-hydrogen) atoms. The number of carbonyl (C=O) groups is 2. The van der Waals surface area contributed by atoms with Crippen LogP contribution in [0.1, 0.15) is 45.5 Å². The quantitative estimate of drug-likeness (QED) is 0.276. The number of ether oxygens (including phenoxy) is 1. The molecule has 0 fully saturated rings. The number of amides is 1. The fraction of sp³-hybridized carbons (Fsp3) is 0.318. The molecule has 1 aromatic carbocycles. The summed E-state index contributed by atoms with van der Waals surface area (Å²) in [5, 5.41) is 3.56. The number of aromatic amines is 1. The van der Waals surface area contributed by atoms with Gasteiger partial charge in [-0.05, 0) is 32.8 Å². The predicted molar refractivity (Wildman–Crippen MR) is 125 cm³/mol. The second-order valence-electron chi connectivity index (χ2n) is 6.91. The summed E-state index contributed by atoms with van der Waals surface area (Å²) in [5.41, 5.74) is 2.49. The van der Waals surface area contributed by atoms with Crippen LogP contribution in [0.25, 0.3) is 0 Å². The highest BCUT2D eigenvalue weighted by molar-refractivity contribution is 7.98. The average molecular weight is 473 g/mol. The minimum atomic E-state index is -0.457. The van der Waals surface area contributed by atoms with Crippen molar-refractivity contribution in [1.29, 1.82) is 0 Å². The number of hydrogen-bond donors (Lipinski definition) is 2. The van der Waals surface area contributed by atoms with Crippen LogP contribution < -0.4 is 10.9 Å². The van der Waals surface area contributed by atoms with Gasteiger partial charge < -0.3 is 15.0 Å². The topological polar surface area (TPSA) is 114 Å². The van der Waals surface area contributed by atoms with Crippen molar-refractivity contribution in [2.45, 2.75) is 44.5 Å². The smallest absolute Gasteiger partial charge is 0.350 e. The van der Waals surface area contributed by atoms with Crippen molar-refractivity contribution < 1.29 is 14.3 Å². The molecule has 0 aliphatic heterocycles. The number of thiazole rings is 1. The number of rotatable bonds is 9. The standard InChI is InChI=1S/C22H24N4O4S2/c1-4-30-20(29)18-14(3)24-22(32-18)25-17(27)11-10-16-13(2)23-21(26-19(16)28)31-12-15-8-6-5-7-9-15/h5-9H,4,10-12H2,1-3H3,(H,23,26,28)(H,24,25,27). The van der Waals surface area contributed by atoms with E-state index in [0.29, 0.717) is 37.9 Å². The molecule has 0 unspecified atom stereocenters. The summed E-state index contributed by atoms with van der Waals surface area (Å²) in [5.74, 6) is -0.0524. The van der Waals surface area contributed by atoms with Crippen LogP contribution in [0, 0.1) is 13.8 Å². The lowest BCUT2D eigenvalue weighted by Gasteiger charge is -2.07. The van der Waals surface area contributed by atoms with Crippen LogP contribution in [0.4, 0.5) is 5.13 Å². The van der Waals surface area contributed by atoms with Crippen LogP contribution >= 0.6 is 23.1 Å². The first-order valence-corrected chi connectivity index (χ1v) is 11.9. The van der Waals surface area contributed by atoms with E-state index in [-0.39, 0.29) is 30.9 Å². The number of aromatic nitrogens is 3. The van der Waals surface area contributed by atoms with E-state index in [0.717, 1.165) is 16.9 Å². The van der Waals surface area contributed by atoms with Gasteiger partial charge in [-0.2, -0.15) is 0 Å². The third-order valence-corrected chi connectivity index (χ3v) is 6.52. The van der Waals surface area contributed by atoms with Gasteiger partial charge in [0.25, 0.3) is 5.56 Å². The highest BCUT2D eigenvalue weighted by Gasteiger charge is 2.18. The van der Waals surface area contributed by atoms with Crippen LogP contribution in [-0.2, 0) is 21.7 Å². The molecular formula is C22H24N4O4S2. The summed E-state index contributed by atoms with van der Waals surface area (Å²) >= 11 is 2.52. The van der Waals surface area contributed by atoms with E-state index in [4.69, 9.17) is 4.74 Å². The first-order valence-electron chi connectivity index (χ1n) is 10.1. The molecule has 2 N–H and O–H groups in total. The normalized spacial score (nSPS) is 10.7. The molecule has 0 radical (unpaired) electrons. The Morgan fingerprint density at radius 2 is 1.91 bits per heavy atom. The molecule has 8 nitrogen and oxygen atoms in total. The number of hydrogen-bond acceptors (Lipinski definition) is 8. The zero-order valence-electron chi connectivity index (χ0n) is 18.1. The Balaban J connectivity index is 1.58. The largest absolute Gasteiger partial charge is 0.462 e. The number of H-pyrrole nitrogens is 1. The molecule has 0 saturated carbocycles. The second-order valence-corrected chi connectivity index (χ2v) is 8.87. The molecule has 0 bridgehead atoms. The Labute approximate surface area is 193 Å². The van der Waals surface area contributed by atoms with Crippen molar-refractivity contribution >= 4 is 40.1 Å². The third kappa shape index (κ3) is 6.27. The number of benzene rings is 1. The maximum atomic E-state index is 12.5. The van der Waals surface area contributed by atoms with Crippen LogP contribution in [0.15, 0.2) is 40.3 Å². The van der Waals surface area contributed by atoms with E-state index in [9.17, 15) is 14.4 Å². The van der Waals surface area contributed by atoms with Gasteiger partial charge in [0.05, 0.1) is 12.3 Å². The number of nitrogens with zero attached hydrogens (tertiary/aromatic N) is 2. The van der Waals surface area contributed by atoms with Gasteiger partial charge >= 0.3 is 5.97 Å². The zero-order valence-corrected chi connectivity index (χ0v) is 19.7. The summed E-state index contributed by atoms with van der Waals surface area (Å²) in [6.07, 6.45) is 0.341. The van der Waals surface area contributed by atoms with Gasteiger partial charge in [-0.15, -0.1) is 0 Å². The molecule has 10 heteroatoms. The summed E-state index contributed by atoms with van der Waals surface area (Å²) in [4.78, 5) is 48.6. The fourth-order valence-electron chi connectivity index (χ4n) is 2.93. The minimum absolute atomic E-state index is 0.0927. The molecule has 2 aromatic heterocycles. The number of anilines is 1. The average Bonchev–Trinajstić information content (AvgIpc) is 3.12. The number of nitrogens with one attached hydrogen (secondary N) is 2. The van der Waals surface area contributed by atoms with E-state index in [1.807, 2.05) is 30.3 Å². The Morgan fingerprint density at radius 3 is 2.59 bits per heavy atom. The highest BCUT2D eigenvalue weighted by atomic mass is 32.2. The Kier molecular flexibility index (Phi) is 8.18. The first kappa shape index (κ1) is 23.7. The van der Waals surface area contributed by atoms with Crippen molar-refractivity contribution in [2.75, 3.05) is 11.9 Å². The van der Waals surface area contributed by atoms with Crippen LogP contribution in [0.3, 0.4) is 0 Å². The van der Waals surface area contributed by atoms with Crippen molar-refractivity contribution in [3.05, 3.63) is 68.1 Å². The Hall–Kier alpha value is -2.98. The van der Waals surface area contributed by atoms with Gasteiger partial charge in [0, 0.05) is 23.4 Å². The molecule has 0 saturated heterocycles. The molecule has 0 spiro atoms. The Morgan fingerprint density at radius 1 is 1.16 bits per heavy atom. The maximum Gasteiger partial charge on any atom is 0.350 e. The van der Waals surface area contributed by atoms with E-state index in [2.05, 4.69) is 20.3 Å². The second kappa shape index (κ2) is 11.1. The SMILES string of the molecule is CCOC(=O)c1sc(NC(=O)CCc2c(C)nc(SCc3ccccc3)[nH]c2=O)nc1C. The number of esters is 1. The molecule has 3 rings (SSSR count). The minimum Gasteiger partial charge on any atom is -0.462 e. The molecule has 0 aliphatic carbocycles. The van der Waals surface area contributed by atoms with Gasteiger partial charge in [0.15, 0.2) is 10.3 Å². The van der Waals surface area contributed by atoms with Crippen molar-refractivity contribution in [2.24, 2.45) is 0 Å². The number of thioether (sulfide) groups is 1. The maximum absolute atomic E-state index is 12.5. The molecule has 3 aromatic rings. The van der Waals surface area contributed by atoms with E-state index in [1.54, 1.807) is 20.8 Å². The van der Waals surface area contributed by atoms with Gasteiger partial charge in [0.2, 0.25) is 5.91 Å². The molecular weight excluding hydrogens is 448 g/mol. The molecule has 168 valence electrons. The lowest BCUT2D eigenvalue weighted by atomic mass is 10.1. The van der Waals surface area contributed by atoms with E-state index < -0.39 is 5.97 Å². The number of carbonyl (C=O) groups excluding carboxylic acids is 2. The van der Waals surface area contributed by atoms with Crippen molar-refractivity contribution in [3.8, 4) is 0 Å².